The Labute approximate surface area is 92.7 Å². The second-order valence-corrected chi connectivity index (χ2v) is 4.18. The first-order chi connectivity index (χ1) is 7.84. The number of hydrogen-bond donors (Lipinski definition) is 1. The van der Waals surface area contributed by atoms with Crippen molar-refractivity contribution >= 4 is 11.1 Å². The van der Waals surface area contributed by atoms with E-state index in [1.54, 1.807) is 12.1 Å². The van der Waals surface area contributed by atoms with Crippen molar-refractivity contribution in [3.05, 3.63) is 29.9 Å². The molecule has 1 N–H and O–H groups in total. The standard InChI is InChI=1S/C12H13FN2O/c13-9-4-1-5-10-11(9)16-12(15-10)8-3-2-6-14-7-8/h1,4-5,8,14H,2-3,6-7H2. The summed E-state index contributed by atoms with van der Waals surface area (Å²) in [4.78, 5) is 4.35. The van der Waals surface area contributed by atoms with Gasteiger partial charge in [0.25, 0.3) is 0 Å². The number of aromatic nitrogens is 1. The predicted molar refractivity (Wildman–Crippen MR) is 58.8 cm³/mol. The van der Waals surface area contributed by atoms with E-state index in [9.17, 15) is 4.39 Å². The lowest BCUT2D eigenvalue weighted by Gasteiger charge is -2.19. The molecule has 0 radical (unpaired) electrons. The second-order valence-electron chi connectivity index (χ2n) is 4.18. The van der Waals surface area contributed by atoms with Crippen LogP contribution in [0.15, 0.2) is 22.6 Å². The number of halogens is 1. The van der Waals surface area contributed by atoms with E-state index >= 15 is 0 Å². The van der Waals surface area contributed by atoms with Gasteiger partial charge >= 0.3 is 0 Å². The Bertz CT molecular complexity index is 503. The fraction of sp³-hybridized carbons (Fsp3) is 0.417. The third-order valence-corrected chi connectivity index (χ3v) is 3.03. The molecule has 0 bridgehead atoms. The van der Waals surface area contributed by atoms with Gasteiger partial charge in [-0.1, -0.05) is 6.07 Å². The fourth-order valence-corrected chi connectivity index (χ4v) is 2.17. The van der Waals surface area contributed by atoms with Crippen molar-refractivity contribution in [2.75, 3.05) is 13.1 Å². The summed E-state index contributed by atoms with van der Waals surface area (Å²) in [7, 11) is 0. The number of nitrogens with zero attached hydrogens (tertiary/aromatic N) is 1. The van der Waals surface area contributed by atoms with Crippen LogP contribution in [0, 0.1) is 5.82 Å². The second kappa shape index (κ2) is 3.87. The summed E-state index contributed by atoms with van der Waals surface area (Å²) in [6, 6.07) is 4.83. The Morgan fingerprint density at radius 1 is 1.44 bits per heavy atom. The molecule has 0 saturated carbocycles. The molecule has 1 unspecified atom stereocenters. The number of oxazole rings is 1. The summed E-state index contributed by atoms with van der Waals surface area (Å²) in [5.74, 6) is 0.605. The Hall–Kier alpha value is -1.42. The third kappa shape index (κ3) is 1.59. The lowest BCUT2D eigenvalue weighted by Crippen LogP contribution is -2.28. The molecule has 1 atom stereocenters. The number of benzene rings is 1. The zero-order valence-electron chi connectivity index (χ0n) is 8.87. The molecular formula is C12H13FN2O. The lowest BCUT2D eigenvalue weighted by atomic mass is 10.00. The van der Waals surface area contributed by atoms with Crippen molar-refractivity contribution in [1.82, 2.24) is 10.3 Å². The van der Waals surface area contributed by atoms with Gasteiger partial charge in [0.15, 0.2) is 17.3 Å². The molecule has 1 aromatic heterocycles. The number of rotatable bonds is 1. The van der Waals surface area contributed by atoms with Gasteiger partial charge in [0.2, 0.25) is 0 Å². The molecule has 3 nitrogen and oxygen atoms in total. The molecule has 0 aliphatic carbocycles. The number of nitrogens with one attached hydrogen (secondary N) is 1. The van der Waals surface area contributed by atoms with E-state index in [-0.39, 0.29) is 17.3 Å². The third-order valence-electron chi connectivity index (χ3n) is 3.03. The van der Waals surface area contributed by atoms with Crippen molar-refractivity contribution in [3.8, 4) is 0 Å². The van der Waals surface area contributed by atoms with Crippen molar-refractivity contribution in [2.45, 2.75) is 18.8 Å². The van der Waals surface area contributed by atoms with Crippen LogP contribution in [0.5, 0.6) is 0 Å². The zero-order valence-corrected chi connectivity index (χ0v) is 8.87. The molecule has 1 fully saturated rings. The van der Waals surface area contributed by atoms with Gasteiger partial charge in [0.1, 0.15) is 5.52 Å². The Morgan fingerprint density at radius 2 is 2.38 bits per heavy atom. The number of para-hydroxylation sites is 1. The molecule has 1 aliphatic rings. The molecule has 2 heterocycles. The van der Waals surface area contributed by atoms with E-state index in [2.05, 4.69) is 10.3 Å². The highest BCUT2D eigenvalue weighted by atomic mass is 19.1. The molecule has 0 spiro atoms. The Morgan fingerprint density at radius 3 is 3.12 bits per heavy atom. The molecule has 84 valence electrons. The normalized spacial score (nSPS) is 21.4. The van der Waals surface area contributed by atoms with Gasteiger partial charge in [-0.25, -0.2) is 9.37 Å². The largest absolute Gasteiger partial charge is 0.437 e. The van der Waals surface area contributed by atoms with Gasteiger partial charge < -0.3 is 9.73 Å². The number of piperidine rings is 1. The summed E-state index contributed by atoms with van der Waals surface area (Å²) in [6.45, 7) is 1.92. The van der Waals surface area contributed by atoms with Crippen molar-refractivity contribution in [1.29, 1.82) is 0 Å². The maximum absolute atomic E-state index is 13.4. The maximum Gasteiger partial charge on any atom is 0.200 e. The van der Waals surface area contributed by atoms with Crippen LogP contribution >= 0.6 is 0 Å². The van der Waals surface area contributed by atoms with Gasteiger partial charge in [0, 0.05) is 12.5 Å². The molecule has 0 amide bonds. The minimum atomic E-state index is -0.333. The first kappa shape index (κ1) is 9.78. The molecule has 1 saturated heterocycles. The van der Waals surface area contributed by atoms with E-state index in [1.807, 2.05) is 0 Å². The maximum atomic E-state index is 13.4. The van der Waals surface area contributed by atoms with Crippen LogP contribution in [-0.4, -0.2) is 18.1 Å². The summed E-state index contributed by atoms with van der Waals surface area (Å²) >= 11 is 0. The van der Waals surface area contributed by atoms with Crippen LogP contribution in [0.2, 0.25) is 0 Å². The minimum Gasteiger partial charge on any atom is -0.437 e. The average Bonchev–Trinajstić information content (AvgIpc) is 2.76. The van der Waals surface area contributed by atoms with Crippen LogP contribution in [0.1, 0.15) is 24.7 Å². The van der Waals surface area contributed by atoms with E-state index < -0.39 is 0 Å². The summed E-state index contributed by atoms with van der Waals surface area (Å²) in [5, 5.41) is 3.30. The number of fused-ring (bicyclic) bond motifs is 1. The van der Waals surface area contributed by atoms with Crippen LogP contribution in [-0.2, 0) is 0 Å². The summed E-state index contributed by atoms with van der Waals surface area (Å²) in [6.07, 6.45) is 2.17. The Balaban J connectivity index is 2.01. The summed E-state index contributed by atoms with van der Waals surface area (Å²) in [5.41, 5.74) is 0.892. The molecule has 1 aliphatic heterocycles. The van der Waals surface area contributed by atoms with Crippen LogP contribution < -0.4 is 5.32 Å². The quantitative estimate of drug-likeness (QED) is 0.802. The van der Waals surface area contributed by atoms with E-state index in [1.165, 1.54) is 6.07 Å². The number of hydrogen-bond acceptors (Lipinski definition) is 3. The van der Waals surface area contributed by atoms with Gasteiger partial charge in [0.05, 0.1) is 0 Å². The molecule has 2 aromatic rings. The monoisotopic (exact) mass is 220 g/mol. The highest BCUT2D eigenvalue weighted by Crippen LogP contribution is 2.27. The first-order valence-corrected chi connectivity index (χ1v) is 5.60. The molecule has 1 aromatic carbocycles. The highest BCUT2D eigenvalue weighted by molar-refractivity contribution is 5.73. The molecular weight excluding hydrogens is 207 g/mol. The fourth-order valence-electron chi connectivity index (χ4n) is 2.17. The van der Waals surface area contributed by atoms with E-state index in [0.717, 1.165) is 25.9 Å². The molecule has 3 rings (SSSR count). The van der Waals surface area contributed by atoms with Crippen LogP contribution in [0.4, 0.5) is 4.39 Å². The van der Waals surface area contributed by atoms with Crippen LogP contribution in [0.25, 0.3) is 11.1 Å². The Kier molecular flexibility index (Phi) is 2.36. The highest BCUT2D eigenvalue weighted by Gasteiger charge is 2.21. The topological polar surface area (TPSA) is 38.1 Å². The van der Waals surface area contributed by atoms with Crippen molar-refractivity contribution in [2.24, 2.45) is 0 Å². The van der Waals surface area contributed by atoms with Gasteiger partial charge in [-0.2, -0.15) is 0 Å². The van der Waals surface area contributed by atoms with Crippen molar-refractivity contribution < 1.29 is 8.81 Å². The van der Waals surface area contributed by atoms with Gasteiger partial charge in [-0.15, -0.1) is 0 Å². The van der Waals surface area contributed by atoms with Gasteiger partial charge in [-0.3, -0.25) is 0 Å². The molecule has 4 heteroatoms. The van der Waals surface area contributed by atoms with E-state index in [0.29, 0.717) is 11.4 Å². The minimum absolute atomic E-state index is 0.278. The molecule has 16 heavy (non-hydrogen) atoms. The lowest BCUT2D eigenvalue weighted by molar-refractivity contribution is 0.384. The smallest absolute Gasteiger partial charge is 0.200 e. The zero-order chi connectivity index (χ0) is 11.0. The first-order valence-electron chi connectivity index (χ1n) is 5.60. The van der Waals surface area contributed by atoms with Crippen molar-refractivity contribution in [3.63, 3.8) is 0 Å². The van der Waals surface area contributed by atoms with Gasteiger partial charge in [-0.05, 0) is 31.5 Å². The van der Waals surface area contributed by atoms with E-state index in [4.69, 9.17) is 4.42 Å². The predicted octanol–water partition coefficient (Wildman–Crippen LogP) is 2.43. The van der Waals surface area contributed by atoms with Crippen LogP contribution in [0.3, 0.4) is 0 Å². The average molecular weight is 220 g/mol. The SMILES string of the molecule is Fc1cccc2nc(C3CCCNC3)oc12. The summed E-state index contributed by atoms with van der Waals surface area (Å²) < 4.78 is 18.9.